The highest BCUT2D eigenvalue weighted by Crippen LogP contribution is 2.06. The Hall–Kier alpha value is -0.770. The lowest BCUT2D eigenvalue weighted by Gasteiger charge is -2.05. The van der Waals surface area contributed by atoms with Gasteiger partial charge in [0.05, 0.1) is 13.2 Å². The fourth-order valence-electron chi connectivity index (χ4n) is 2.09. The summed E-state index contributed by atoms with van der Waals surface area (Å²) in [6, 6.07) is 0. The Bertz CT molecular complexity index is 219. The van der Waals surface area contributed by atoms with Gasteiger partial charge in [-0.3, -0.25) is 4.89 Å². The summed E-state index contributed by atoms with van der Waals surface area (Å²) in [6.07, 6.45) is 13.4. The highest BCUT2D eigenvalue weighted by Gasteiger charge is 2.04. The molecule has 0 spiro atoms. The van der Waals surface area contributed by atoms with Crippen LogP contribution in [0.4, 0.5) is 4.79 Å². The minimum Gasteiger partial charge on any atom is -0.432 e. The summed E-state index contributed by atoms with van der Waals surface area (Å²) >= 11 is 0. The van der Waals surface area contributed by atoms with Gasteiger partial charge >= 0.3 is 6.16 Å². The van der Waals surface area contributed by atoms with Crippen LogP contribution < -0.4 is 0 Å². The van der Waals surface area contributed by atoms with E-state index in [-0.39, 0.29) is 0 Å². The monoisotopic (exact) mass is 302 g/mol. The van der Waals surface area contributed by atoms with E-state index in [1.807, 2.05) is 0 Å². The third-order valence-electron chi connectivity index (χ3n) is 3.43. The van der Waals surface area contributed by atoms with E-state index >= 15 is 0 Å². The maximum absolute atomic E-state index is 11.2. The zero-order chi connectivity index (χ0) is 15.6. The third-order valence-corrected chi connectivity index (χ3v) is 3.43. The molecule has 21 heavy (non-hydrogen) atoms. The molecule has 0 aromatic rings. The summed E-state index contributed by atoms with van der Waals surface area (Å²) in [5.74, 6) is 0. The van der Waals surface area contributed by atoms with E-state index in [1.54, 1.807) is 0 Å². The molecule has 0 aliphatic carbocycles. The lowest BCUT2D eigenvalue weighted by atomic mass is 10.1. The Kier molecular flexibility index (Phi) is 16.6. The molecular weight excluding hydrogens is 268 g/mol. The van der Waals surface area contributed by atoms with Crippen molar-refractivity contribution in [1.82, 2.24) is 0 Å². The minimum atomic E-state index is -0.713. The molecule has 4 heteroatoms. The van der Waals surface area contributed by atoms with Gasteiger partial charge in [0.15, 0.2) is 0 Å². The molecule has 0 aromatic heterocycles. The maximum Gasteiger partial charge on any atom is 0.540 e. The van der Waals surface area contributed by atoms with Crippen molar-refractivity contribution in [3.63, 3.8) is 0 Å². The molecule has 0 N–H and O–H groups in total. The molecular formula is C17H34O4. The summed E-state index contributed by atoms with van der Waals surface area (Å²) in [4.78, 5) is 20.6. The fourth-order valence-corrected chi connectivity index (χ4v) is 2.09. The highest BCUT2D eigenvalue weighted by molar-refractivity contribution is 5.58. The van der Waals surface area contributed by atoms with E-state index in [9.17, 15) is 4.79 Å². The van der Waals surface area contributed by atoms with Crippen LogP contribution in [0.15, 0.2) is 0 Å². The first-order valence-corrected chi connectivity index (χ1v) is 8.77. The highest BCUT2D eigenvalue weighted by atomic mass is 17.2. The molecule has 0 rings (SSSR count). The van der Waals surface area contributed by atoms with Crippen molar-refractivity contribution < 1.29 is 19.3 Å². The van der Waals surface area contributed by atoms with Crippen molar-refractivity contribution in [2.24, 2.45) is 0 Å². The molecule has 0 aliphatic heterocycles. The lowest BCUT2D eigenvalue weighted by molar-refractivity contribution is -0.255. The van der Waals surface area contributed by atoms with Crippen LogP contribution in [0, 0.1) is 0 Å². The van der Waals surface area contributed by atoms with E-state index in [2.05, 4.69) is 18.7 Å². The van der Waals surface area contributed by atoms with Gasteiger partial charge in [0.1, 0.15) is 0 Å². The molecule has 0 radical (unpaired) electrons. The molecule has 0 aliphatic rings. The number of ether oxygens (including phenoxy) is 1. The zero-order valence-electron chi connectivity index (χ0n) is 14.0. The van der Waals surface area contributed by atoms with Gasteiger partial charge in [-0.15, -0.1) is 0 Å². The van der Waals surface area contributed by atoms with Crippen LogP contribution in [0.25, 0.3) is 0 Å². The number of unbranched alkanes of at least 4 members (excludes halogenated alkanes) is 10. The first-order chi connectivity index (χ1) is 10.3. The van der Waals surface area contributed by atoms with Gasteiger partial charge in [-0.1, -0.05) is 78.1 Å². The van der Waals surface area contributed by atoms with E-state index in [0.717, 1.165) is 25.7 Å². The third kappa shape index (κ3) is 17.2. The summed E-state index contributed by atoms with van der Waals surface area (Å²) in [5.41, 5.74) is 0. The van der Waals surface area contributed by atoms with Gasteiger partial charge in [0.2, 0.25) is 0 Å². The van der Waals surface area contributed by atoms with Crippen molar-refractivity contribution in [3.05, 3.63) is 0 Å². The van der Waals surface area contributed by atoms with Gasteiger partial charge in [-0.25, -0.2) is 4.79 Å². The second kappa shape index (κ2) is 17.3. The Morgan fingerprint density at radius 3 is 1.71 bits per heavy atom. The average Bonchev–Trinajstić information content (AvgIpc) is 2.49. The summed E-state index contributed by atoms with van der Waals surface area (Å²) in [6.45, 7) is 5.28. The fraction of sp³-hybridized carbons (Fsp3) is 0.941. The lowest BCUT2D eigenvalue weighted by Crippen LogP contribution is -2.09. The molecule has 0 fully saturated rings. The molecule has 4 nitrogen and oxygen atoms in total. The van der Waals surface area contributed by atoms with E-state index in [1.165, 1.54) is 51.4 Å². The van der Waals surface area contributed by atoms with E-state index < -0.39 is 6.16 Å². The maximum atomic E-state index is 11.2. The van der Waals surface area contributed by atoms with Gasteiger partial charge < -0.3 is 4.74 Å². The summed E-state index contributed by atoms with van der Waals surface area (Å²) < 4.78 is 4.92. The molecule has 0 amide bonds. The number of rotatable bonds is 15. The normalized spacial score (nSPS) is 10.6. The number of hydrogen-bond donors (Lipinski definition) is 0. The van der Waals surface area contributed by atoms with E-state index in [4.69, 9.17) is 9.62 Å². The minimum absolute atomic E-state index is 0.422. The Morgan fingerprint density at radius 2 is 1.14 bits per heavy atom. The topological polar surface area (TPSA) is 44.8 Å². The molecule has 0 saturated carbocycles. The number of hydrogen-bond acceptors (Lipinski definition) is 4. The Labute approximate surface area is 130 Å². The van der Waals surface area contributed by atoms with Crippen LogP contribution in [0.2, 0.25) is 0 Å². The largest absolute Gasteiger partial charge is 0.540 e. The second-order valence-electron chi connectivity index (χ2n) is 5.54. The summed E-state index contributed by atoms with van der Waals surface area (Å²) in [5, 5.41) is 0. The van der Waals surface area contributed by atoms with Crippen LogP contribution >= 0.6 is 0 Å². The van der Waals surface area contributed by atoms with Crippen molar-refractivity contribution in [3.8, 4) is 0 Å². The Balaban J connectivity index is 3.13. The van der Waals surface area contributed by atoms with Crippen LogP contribution in [-0.4, -0.2) is 19.4 Å². The van der Waals surface area contributed by atoms with Crippen LogP contribution in [-0.2, 0) is 14.5 Å². The predicted octanol–water partition coefficient (Wildman–Crippen LogP) is 5.79. The standard InChI is InChI=1S/C17H34O4/c1-3-5-7-9-11-13-15-19-17(18)21-20-16-14-12-10-8-6-4-2/h3-16H2,1-2H3. The van der Waals surface area contributed by atoms with Gasteiger partial charge in [0.25, 0.3) is 0 Å². The summed E-state index contributed by atoms with van der Waals surface area (Å²) in [7, 11) is 0. The zero-order valence-corrected chi connectivity index (χ0v) is 14.0. The van der Waals surface area contributed by atoms with Crippen LogP contribution in [0.1, 0.15) is 90.9 Å². The Morgan fingerprint density at radius 1 is 0.667 bits per heavy atom. The SMILES string of the molecule is CCCCCCCCOOC(=O)OCCCCCCCC. The van der Waals surface area contributed by atoms with Crippen LogP contribution in [0.5, 0.6) is 0 Å². The molecule has 0 saturated heterocycles. The second-order valence-corrected chi connectivity index (χ2v) is 5.54. The average molecular weight is 302 g/mol. The first-order valence-electron chi connectivity index (χ1n) is 8.77. The molecule has 0 bridgehead atoms. The smallest absolute Gasteiger partial charge is 0.432 e. The van der Waals surface area contributed by atoms with Gasteiger partial charge in [0, 0.05) is 0 Å². The van der Waals surface area contributed by atoms with Crippen LogP contribution in [0.3, 0.4) is 0 Å². The molecule has 126 valence electrons. The number of carbonyl (C=O) groups is 1. The molecule has 0 atom stereocenters. The predicted molar refractivity (Wildman–Crippen MR) is 85.1 cm³/mol. The van der Waals surface area contributed by atoms with Crippen molar-refractivity contribution >= 4 is 6.16 Å². The van der Waals surface area contributed by atoms with Crippen molar-refractivity contribution in [2.45, 2.75) is 90.9 Å². The molecule has 0 heterocycles. The molecule has 0 unspecified atom stereocenters. The molecule has 0 aromatic carbocycles. The van der Waals surface area contributed by atoms with Crippen molar-refractivity contribution in [2.75, 3.05) is 13.2 Å². The van der Waals surface area contributed by atoms with Gasteiger partial charge in [-0.2, -0.15) is 4.89 Å². The number of carbonyl (C=O) groups excluding carboxylic acids is 1. The first kappa shape index (κ1) is 20.2. The van der Waals surface area contributed by atoms with Crippen molar-refractivity contribution in [1.29, 1.82) is 0 Å². The van der Waals surface area contributed by atoms with Gasteiger partial charge in [-0.05, 0) is 12.8 Å². The quantitative estimate of drug-likeness (QED) is 0.166. The van der Waals surface area contributed by atoms with E-state index in [0.29, 0.717) is 13.2 Å².